The summed E-state index contributed by atoms with van der Waals surface area (Å²) in [7, 11) is 0. The molecule has 5 nitrogen and oxygen atoms in total. The molecule has 0 aromatic heterocycles. The Bertz CT molecular complexity index is 693. The van der Waals surface area contributed by atoms with Gasteiger partial charge in [0.05, 0.1) is 0 Å². The van der Waals surface area contributed by atoms with Gasteiger partial charge in [-0.3, -0.25) is 0 Å². The molecule has 132 valence electrons. The van der Waals surface area contributed by atoms with Crippen LogP contribution in [0.4, 0.5) is 4.79 Å². The molecule has 0 saturated heterocycles. The molecule has 0 bridgehead atoms. The maximum Gasteiger partial charge on any atom is 0.413 e. The van der Waals surface area contributed by atoms with Crippen LogP contribution in [0.1, 0.15) is 26.3 Å². The first-order chi connectivity index (χ1) is 11.8. The average molecular weight is 341 g/mol. The molecule has 2 rings (SSSR count). The van der Waals surface area contributed by atoms with E-state index < -0.39 is 23.7 Å². The highest BCUT2D eigenvalue weighted by Crippen LogP contribution is 2.13. The van der Waals surface area contributed by atoms with E-state index in [1.54, 1.807) is 45.0 Å². The summed E-state index contributed by atoms with van der Waals surface area (Å²) in [5.74, 6) is -0.0935. The summed E-state index contributed by atoms with van der Waals surface area (Å²) in [4.78, 5) is 24.6. The van der Waals surface area contributed by atoms with Crippen LogP contribution in [0.5, 0.6) is 5.75 Å². The summed E-state index contributed by atoms with van der Waals surface area (Å²) in [6, 6.07) is 17.3. The summed E-state index contributed by atoms with van der Waals surface area (Å²) < 4.78 is 10.6. The maximum atomic E-state index is 12.5. The SMILES string of the molecule is CC(C)(C)OC(=O)[C@H](Cc1ccccc1)NC(=O)Oc1ccccc1. The van der Waals surface area contributed by atoms with Crippen molar-refractivity contribution in [2.24, 2.45) is 0 Å². The van der Waals surface area contributed by atoms with Gasteiger partial charge in [0.2, 0.25) is 0 Å². The Morgan fingerprint density at radius 1 is 0.960 bits per heavy atom. The highest BCUT2D eigenvalue weighted by atomic mass is 16.6. The number of hydrogen-bond acceptors (Lipinski definition) is 4. The molecule has 0 saturated carbocycles. The normalized spacial score (nSPS) is 12.1. The van der Waals surface area contributed by atoms with Crippen molar-refractivity contribution in [3.8, 4) is 5.75 Å². The summed E-state index contributed by atoms with van der Waals surface area (Å²) in [5, 5.41) is 2.60. The van der Waals surface area contributed by atoms with Gasteiger partial charge in [0.15, 0.2) is 0 Å². The van der Waals surface area contributed by atoms with Gasteiger partial charge in [-0.25, -0.2) is 9.59 Å². The molecule has 25 heavy (non-hydrogen) atoms. The highest BCUT2D eigenvalue weighted by molar-refractivity contribution is 5.82. The molecule has 0 radical (unpaired) electrons. The minimum Gasteiger partial charge on any atom is -0.458 e. The molecule has 0 heterocycles. The molecule has 0 fully saturated rings. The lowest BCUT2D eigenvalue weighted by molar-refractivity contribution is -0.157. The standard InChI is InChI=1S/C20H23NO4/c1-20(2,3)25-18(22)17(14-15-10-6-4-7-11-15)21-19(23)24-16-12-8-5-9-13-16/h4-13,17H,14H2,1-3H3,(H,21,23)/t17-/m0/s1. The van der Waals surface area contributed by atoms with E-state index in [4.69, 9.17) is 9.47 Å². The minimum atomic E-state index is -0.835. The lowest BCUT2D eigenvalue weighted by Gasteiger charge is -2.24. The van der Waals surface area contributed by atoms with Crippen molar-refractivity contribution < 1.29 is 19.1 Å². The molecular formula is C20H23NO4. The van der Waals surface area contributed by atoms with Gasteiger partial charge in [-0.2, -0.15) is 0 Å². The Labute approximate surface area is 148 Å². The van der Waals surface area contributed by atoms with Crippen LogP contribution < -0.4 is 10.1 Å². The third kappa shape index (κ3) is 6.67. The first-order valence-electron chi connectivity index (χ1n) is 8.14. The van der Waals surface area contributed by atoms with Crippen molar-refractivity contribution in [2.75, 3.05) is 0 Å². The summed E-state index contributed by atoms with van der Waals surface area (Å²) in [6.45, 7) is 5.35. The molecule has 0 unspecified atom stereocenters. The Kier molecular flexibility index (Phi) is 6.17. The number of hydrogen-bond donors (Lipinski definition) is 1. The van der Waals surface area contributed by atoms with Crippen LogP contribution in [0.2, 0.25) is 0 Å². The topological polar surface area (TPSA) is 64.6 Å². The maximum absolute atomic E-state index is 12.5. The molecule has 0 spiro atoms. The van der Waals surface area contributed by atoms with E-state index in [0.717, 1.165) is 5.56 Å². The number of amides is 1. The van der Waals surface area contributed by atoms with Crippen LogP contribution in [0, 0.1) is 0 Å². The number of nitrogens with one attached hydrogen (secondary N) is 1. The second-order valence-electron chi connectivity index (χ2n) is 6.62. The van der Waals surface area contributed by atoms with E-state index in [1.807, 2.05) is 36.4 Å². The summed E-state index contributed by atoms with van der Waals surface area (Å²) >= 11 is 0. The second-order valence-corrected chi connectivity index (χ2v) is 6.62. The predicted molar refractivity (Wildman–Crippen MR) is 95.4 cm³/mol. The molecule has 2 aromatic carbocycles. The van der Waals surface area contributed by atoms with Crippen LogP contribution in [0.3, 0.4) is 0 Å². The first kappa shape index (κ1) is 18.5. The van der Waals surface area contributed by atoms with E-state index >= 15 is 0 Å². The van der Waals surface area contributed by atoms with E-state index in [2.05, 4.69) is 5.32 Å². The van der Waals surface area contributed by atoms with Crippen LogP contribution in [0.25, 0.3) is 0 Å². The van der Waals surface area contributed by atoms with Gasteiger partial charge in [-0.15, -0.1) is 0 Å². The van der Waals surface area contributed by atoms with Gasteiger partial charge in [0, 0.05) is 6.42 Å². The minimum absolute atomic E-state index is 0.319. The predicted octanol–water partition coefficient (Wildman–Crippen LogP) is 3.73. The molecule has 0 aliphatic rings. The van der Waals surface area contributed by atoms with Gasteiger partial charge in [-0.1, -0.05) is 48.5 Å². The number of carbonyl (C=O) groups excluding carboxylic acids is 2. The largest absolute Gasteiger partial charge is 0.458 e. The van der Waals surface area contributed by atoms with E-state index in [9.17, 15) is 9.59 Å². The van der Waals surface area contributed by atoms with Gasteiger partial charge in [-0.05, 0) is 38.5 Å². The first-order valence-corrected chi connectivity index (χ1v) is 8.14. The van der Waals surface area contributed by atoms with E-state index in [0.29, 0.717) is 12.2 Å². The van der Waals surface area contributed by atoms with Crippen molar-refractivity contribution in [3.63, 3.8) is 0 Å². The Morgan fingerprint density at radius 3 is 2.08 bits per heavy atom. The molecule has 2 aromatic rings. The Hall–Kier alpha value is -2.82. The monoisotopic (exact) mass is 341 g/mol. The lowest BCUT2D eigenvalue weighted by Crippen LogP contribution is -2.46. The third-order valence-corrected chi connectivity index (χ3v) is 3.22. The smallest absolute Gasteiger partial charge is 0.413 e. The summed E-state index contributed by atoms with van der Waals surface area (Å²) in [6.07, 6.45) is -0.377. The van der Waals surface area contributed by atoms with Gasteiger partial charge < -0.3 is 14.8 Å². The fourth-order valence-corrected chi connectivity index (χ4v) is 2.18. The molecule has 5 heteroatoms. The summed E-state index contributed by atoms with van der Waals surface area (Å²) in [5.41, 5.74) is 0.273. The number of esters is 1. The van der Waals surface area contributed by atoms with Crippen LogP contribution >= 0.6 is 0 Å². The fraction of sp³-hybridized carbons (Fsp3) is 0.300. The molecule has 0 aliphatic heterocycles. The van der Waals surface area contributed by atoms with E-state index in [-0.39, 0.29) is 0 Å². The van der Waals surface area contributed by atoms with E-state index in [1.165, 1.54) is 0 Å². The number of para-hydroxylation sites is 1. The number of benzene rings is 2. The van der Waals surface area contributed by atoms with Crippen molar-refractivity contribution >= 4 is 12.1 Å². The van der Waals surface area contributed by atoms with Crippen LogP contribution in [-0.4, -0.2) is 23.7 Å². The average Bonchev–Trinajstić information content (AvgIpc) is 2.54. The lowest BCUT2D eigenvalue weighted by atomic mass is 10.1. The van der Waals surface area contributed by atoms with Gasteiger partial charge >= 0.3 is 12.1 Å². The fourth-order valence-electron chi connectivity index (χ4n) is 2.18. The Balaban J connectivity index is 2.07. The quantitative estimate of drug-likeness (QED) is 0.842. The molecule has 0 aliphatic carbocycles. The van der Waals surface area contributed by atoms with Gasteiger partial charge in [0.1, 0.15) is 17.4 Å². The number of ether oxygens (including phenoxy) is 2. The van der Waals surface area contributed by atoms with Crippen molar-refractivity contribution in [1.29, 1.82) is 0 Å². The van der Waals surface area contributed by atoms with Crippen molar-refractivity contribution in [2.45, 2.75) is 38.8 Å². The Morgan fingerprint density at radius 2 is 1.52 bits per heavy atom. The third-order valence-electron chi connectivity index (χ3n) is 3.22. The number of carbonyl (C=O) groups is 2. The zero-order valence-corrected chi connectivity index (χ0v) is 14.7. The van der Waals surface area contributed by atoms with Crippen molar-refractivity contribution in [3.05, 3.63) is 66.2 Å². The van der Waals surface area contributed by atoms with Gasteiger partial charge in [0.25, 0.3) is 0 Å². The number of rotatable bonds is 5. The second kappa shape index (κ2) is 8.33. The van der Waals surface area contributed by atoms with Crippen LogP contribution in [-0.2, 0) is 16.0 Å². The molecule has 1 atom stereocenters. The van der Waals surface area contributed by atoms with Crippen molar-refractivity contribution in [1.82, 2.24) is 5.32 Å². The zero-order chi connectivity index (χ0) is 18.3. The zero-order valence-electron chi connectivity index (χ0n) is 14.7. The highest BCUT2D eigenvalue weighted by Gasteiger charge is 2.27. The molecule has 1 amide bonds. The molecular weight excluding hydrogens is 318 g/mol. The molecule has 1 N–H and O–H groups in total. The van der Waals surface area contributed by atoms with Crippen LogP contribution in [0.15, 0.2) is 60.7 Å².